The Hall–Kier alpha value is -3.10. The van der Waals surface area contributed by atoms with Gasteiger partial charge < -0.3 is 14.2 Å². The van der Waals surface area contributed by atoms with Crippen LogP contribution in [0.4, 0.5) is 0 Å². The van der Waals surface area contributed by atoms with Gasteiger partial charge in [0.1, 0.15) is 17.2 Å². The van der Waals surface area contributed by atoms with Crippen molar-refractivity contribution in [1.82, 2.24) is 14.6 Å². The summed E-state index contributed by atoms with van der Waals surface area (Å²) >= 11 is 7.38. The summed E-state index contributed by atoms with van der Waals surface area (Å²) < 4.78 is 18.0. The molecule has 4 rings (SSSR count). The molecule has 2 heterocycles. The van der Waals surface area contributed by atoms with Gasteiger partial charge in [-0.25, -0.2) is 4.40 Å². The van der Waals surface area contributed by atoms with Crippen LogP contribution in [0.3, 0.4) is 0 Å². The van der Waals surface area contributed by atoms with E-state index in [2.05, 4.69) is 10.2 Å². The molecule has 29 heavy (non-hydrogen) atoms. The number of methoxy groups -OCH3 is 3. The van der Waals surface area contributed by atoms with E-state index in [0.717, 1.165) is 5.56 Å². The summed E-state index contributed by atoms with van der Waals surface area (Å²) in [5, 5.41) is 8.83. The van der Waals surface area contributed by atoms with E-state index in [0.29, 0.717) is 43.2 Å². The van der Waals surface area contributed by atoms with Gasteiger partial charge in [0.05, 0.1) is 31.4 Å². The summed E-state index contributed by atoms with van der Waals surface area (Å²) in [6, 6.07) is 10.5. The Morgan fingerprint density at radius 3 is 2.52 bits per heavy atom. The number of thiazole rings is 1. The lowest BCUT2D eigenvalue weighted by molar-refractivity contribution is 0.393. The van der Waals surface area contributed by atoms with Crippen molar-refractivity contribution < 1.29 is 14.2 Å². The molecular weight excluding hydrogens is 414 g/mol. The highest BCUT2D eigenvalue weighted by molar-refractivity contribution is 7.15. The van der Waals surface area contributed by atoms with Crippen LogP contribution in [0.25, 0.3) is 22.4 Å². The molecule has 148 valence electrons. The number of halogens is 1. The summed E-state index contributed by atoms with van der Waals surface area (Å²) in [4.78, 5) is 13.6. The van der Waals surface area contributed by atoms with Crippen LogP contribution in [0.15, 0.2) is 41.2 Å². The predicted octanol–water partition coefficient (Wildman–Crippen LogP) is 3.04. The van der Waals surface area contributed by atoms with E-state index < -0.39 is 0 Å². The number of ether oxygens (including phenoxy) is 3. The molecule has 0 amide bonds. The lowest BCUT2D eigenvalue weighted by Crippen LogP contribution is -2.23. The zero-order valence-electron chi connectivity index (χ0n) is 15.8. The number of rotatable bonds is 5. The molecule has 0 radical (unpaired) electrons. The SMILES string of the molecule is COc1ccc(C=c2sc3nnc(-c4cc(Cl)ccc4OC)n3c2=O)c(OC)c1. The minimum Gasteiger partial charge on any atom is -0.497 e. The maximum absolute atomic E-state index is 13.1. The van der Waals surface area contributed by atoms with Crippen molar-refractivity contribution in [3.63, 3.8) is 0 Å². The molecule has 0 aliphatic heterocycles. The van der Waals surface area contributed by atoms with E-state index in [1.54, 1.807) is 57.7 Å². The molecule has 0 bridgehead atoms. The van der Waals surface area contributed by atoms with E-state index in [-0.39, 0.29) is 5.56 Å². The highest BCUT2D eigenvalue weighted by Crippen LogP contribution is 2.31. The summed E-state index contributed by atoms with van der Waals surface area (Å²) in [7, 11) is 4.70. The summed E-state index contributed by atoms with van der Waals surface area (Å²) in [6.07, 6.45) is 1.76. The van der Waals surface area contributed by atoms with Crippen molar-refractivity contribution in [2.45, 2.75) is 0 Å². The number of benzene rings is 2. The highest BCUT2D eigenvalue weighted by Gasteiger charge is 2.18. The third-order valence-corrected chi connectivity index (χ3v) is 5.57. The molecule has 0 fully saturated rings. The van der Waals surface area contributed by atoms with Crippen LogP contribution in [-0.2, 0) is 0 Å². The second-order valence-corrected chi connectivity index (χ2v) is 7.46. The van der Waals surface area contributed by atoms with Gasteiger partial charge in [-0.3, -0.25) is 4.79 Å². The normalized spacial score (nSPS) is 11.8. The van der Waals surface area contributed by atoms with Crippen LogP contribution in [0.1, 0.15) is 5.56 Å². The van der Waals surface area contributed by atoms with Crippen molar-refractivity contribution in [2.75, 3.05) is 21.3 Å². The van der Waals surface area contributed by atoms with Crippen molar-refractivity contribution in [2.24, 2.45) is 0 Å². The number of nitrogens with zero attached hydrogens (tertiary/aromatic N) is 3. The van der Waals surface area contributed by atoms with E-state index in [1.807, 2.05) is 6.07 Å². The average Bonchev–Trinajstić information content (AvgIpc) is 3.28. The Balaban J connectivity index is 1.91. The van der Waals surface area contributed by atoms with Gasteiger partial charge in [-0.05, 0) is 36.4 Å². The summed E-state index contributed by atoms with van der Waals surface area (Å²) in [5.41, 5.74) is 1.12. The first-order valence-electron chi connectivity index (χ1n) is 8.51. The average molecular weight is 430 g/mol. The number of aromatic nitrogens is 3. The third kappa shape index (κ3) is 3.41. The second-order valence-electron chi connectivity index (χ2n) is 6.01. The van der Waals surface area contributed by atoms with Crippen LogP contribution in [0.2, 0.25) is 5.02 Å². The number of fused-ring (bicyclic) bond motifs is 1. The van der Waals surface area contributed by atoms with Gasteiger partial charge in [0.25, 0.3) is 5.56 Å². The van der Waals surface area contributed by atoms with E-state index in [1.165, 1.54) is 15.7 Å². The molecule has 2 aromatic carbocycles. The van der Waals surface area contributed by atoms with Crippen molar-refractivity contribution in [1.29, 1.82) is 0 Å². The molecule has 0 saturated heterocycles. The molecule has 2 aromatic heterocycles. The highest BCUT2D eigenvalue weighted by atomic mass is 35.5. The maximum Gasteiger partial charge on any atom is 0.276 e. The van der Waals surface area contributed by atoms with Crippen LogP contribution in [0.5, 0.6) is 17.2 Å². The van der Waals surface area contributed by atoms with Crippen LogP contribution in [-0.4, -0.2) is 35.9 Å². The molecule has 0 aliphatic rings. The fraction of sp³-hybridized carbons (Fsp3) is 0.150. The topological polar surface area (TPSA) is 75.0 Å². The zero-order chi connectivity index (χ0) is 20.5. The molecule has 0 N–H and O–H groups in total. The van der Waals surface area contributed by atoms with Crippen molar-refractivity contribution in [3.8, 4) is 28.6 Å². The molecular formula is C20H16ClN3O4S. The van der Waals surface area contributed by atoms with Crippen molar-refractivity contribution in [3.05, 3.63) is 61.9 Å². The fourth-order valence-electron chi connectivity index (χ4n) is 2.97. The lowest BCUT2D eigenvalue weighted by atomic mass is 10.2. The zero-order valence-corrected chi connectivity index (χ0v) is 17.4. The first-order chi connectivity index (χ1) is 14.0. The maximum atomic E-state index is 13.1. The second kappa shape index (κ2) is 7.73. The van der Waals surface area contributed by atoms with E-state index in [9.17, 15) is 4.79 Å². The molecule has 4 aromatic rings. The first kappa shape index (κ1) is 19.2. The quantitative estimate of drug-likeness (QED) is 0.485. The van der Waals surface area contributed by atoms with Crippen LogP contribution >= 0.6 is 22.9 Å². The van der Waals surface area contributed by atoms with E-state index >= 15 is 0 Å². The molecule has 0 aliphatic carbocycles. The van der Waals surface area contributed by atoms with Gasteiger partial charge in [-0.1, -0.05) is 22.9 Å². The first-order valence-corrected chi connectivity index (χ1v) is 9.70. The third-order valence-electron chi connectivity index (χ3n) is 4.38. The summed E-state index contributed by atoms with van der Waals surface area (Å²) in [5.74, 6) is 2.20. The van der Waals surface area contributed by atoms with Gasteiger partial charge in [-0.2, -0.15) is 0 Å². The molecule has 9 heteroatoms. The smallest absolute Gasteiger partial charge is 0.276 e. The Morgan fingerprint density at radius 2 is 1.79 bits per heavy atom. The van der Waals surface area contributed by atoms with E-state index in [4.69, 9.17) is 25.8 Å². The Morgan fingerprint density at radius 1 is 1.00 bits per heavy atom. The van der Waals surface area contributed by atoms with Gasteiger partial charge in [-0.15, -0.1) is 10.2 Å². The molecule has 0 spiro atoms. The Bertz CT molecular complexity index is 1320. The molecule has 0 atom stereocenters. The monoisotopic (exact) mass is 429 g/mol. The van der Waals surface area contributed by atoms with Gasteiger partial charge in [0.15, 0.2) is 5.82 Å². The van der Waals surface area contributed by atoms with Gasteiger partial charge in [0, 0.05) is 16.7 Å². The van der Waals surface area contributed by atoms with Crippen LogP contribution < -0.4 is 24.3 Å². The largest absolute Gasteiger partial charge is 0.497 e. The predicted molar refractivity (Wildman–Crippen MR) is 112 cm³/mol. The van der Waals surface area contributed by atoms with Gasteiger partial charge in [0.2, 0.25) is 4.96 Å². The number of hydrogen-bond acceptors (Lipinski definition) is 7. The minimum absolute atomic E-state index is 0.232. The van der Waals surface area contributed by atoms with Crippen LogP contribution in [0, 0.1) is 0 Å². The van der Waals surface area contributed by atoms with Crippen molar-refractivity contribution >= 4 is 34.0 Å². The minimum atomic E-state index is -0.232. The Kier molecular flexibility index (Phi) is 5.12. The molecule has 7 nitrogen and oxygen atoms in total. The molecule has 0 saturated carbocycles. The fourth-order valence-corrected chi connectivity index (χ4v) is 4.05. The summed E-state index contributed by atoms with van der Waals surface area (Å²) in [6.45, 7) is 0. The number of hydrogen-bond donors (Lipinski definition) is 0. The van der Waals surface area contributed by atoms with Gasteiger partial charge >= 0.3 is 0 Å². The molecule has 0 unspecified atom stereocenters. The Labute approximate surface area is 174 Å². The standard InChI is InChI=1S/C20H16ClN3O4S/c1-26-13-6-4-11(16(10-13)28-3)8-17-19(25)24-18(22-23-20(24)29-17)14-9-12(21)5-7-15(14)27-2/h4-10H,1-3H3. The lowest BCUT2D eigenvalue weighted by Gasteiger charge is -2.07.